The maximum atomic E-state index is 5.88. The highest BCUT2D eigenvalue weighted by atomic mass is 16.5. The van der Waals surface area contributed by atoms with E-state index in [2.05, 4.69) is 27.5 Å². The molecule has 5 heteroatoms. The largest absolute Gasteiger partial charge is 0.489 e. The maximum absolute atomic E-state index is 5.88. The van der Waals surface area contributed by atoms with Crippen molar-refractivity contribution >= 4 is 5.96 Å². The molecule has 2 N–H and O–H groups in total. The number of ether oxygens (including phenoxy) is 1. The predicted molar refractivity (Wildman–Crippen MR) is 98.6 cm³/mol. The molecule has 2 aromatic rings. The molecule has 0 aliphatic carbocycles. The van der Waals surface area contributed by atoms with Crippen LogP contribution in [0.5, 0.6) is 5.75 Å². The highest BCUT2D eigenvalue weighted by molar-refractivity contribution is 5.79. The Morgan fingerprint density at radius 1 is 1.17 bits per heavy atom. The average Bonchev–Trinajstić information content (AvgIpc) is 2.61. The molecule has 0 bridgehead atoms. The Hall–Kier alpha value is -2.56. The Kier molecular flexibility index (Phi) is 7.08. The molecule has 5 nitrogen and oxygen atoms in total. The molecule has 0 aliphatic rings. The van der Waals surface area contributed by atoms with Crippen molar-refractivity contribution in [3.05, 3.63) is 59.9 Å². The van der Waals surface area contributed by atoms with Gasteiger partial charge in [-0.15, -0.1) is 0 Å². The van der Waals surface area contributed by atoms with Crippen LogP contribution in [-0.4, -0.2) is 37.2 Å². The third-order valence-electron chi connectivity index (χ3n) is 3.54. The third kappa shape index (κ3) is 6.28. The lowest BCUT2D eigenvalue weighted by atomic mass is 10.2. The van der Waals surface area contributed by atoms with Gasteiger partial charge in [-0.05, 0) is 38.1 Å². The minimum absolute atomic E-state index is 0.0436. The average molecular weight is 326 g/mol. The van der Waals surface area contributed by atoms with Gasteiger partial charge in [-0.1, -0.05) is 23.8 Å². The zero-order valence-corrected chi connectivity index (χ0v) is 14.6. The van der Waals surface area contributed by atoms with Crippen LogP contribution in [0.2, 0.25) is 0 Å². The van der Waals surface area contributed by atoms with Crippen molar-refractivity contribution in [3.63, 3.8) is 0 Å². The van der Waals surface area contributed by atoms with Crippen LogP contribution in [0, 0.1) is 6.92 Å². The van der Waals surface area contributed by atoms with E-state index < -0.39 is 0 Å². The van der Waals surface area contributed by atoms with Gasteiger partial charge in [0.25, 0.3) is 0 Å². The van der Waals surface area contributed by atoms with Gasteiger partial charge >= 0.3 is 0 Å². The molecule has 1 unspecified atom stereocenters. The summed E-state index contributed by atoms with van der Waals surface area (Å²) in [5.74, 6) is 1.65. The number of rotatable bonds is 7. The van der Waals surface area contributed by atoms with Gasteiger partial charge in [-0.2, -0.15) is 0 Å². The molecule has 1 aromatic heterocycles. The number of aromatic nitrogens is 1. The first-order chi connectivity index (χ1) is 11.7. The molecular formula is C19H26N4O. The molecule has 0 saturated carbocycles. The lowest BCUT2D eigenvalue weighted by Gasteiger charge is -2.17. The Labute approximate surface area is 144 Å². The Morgan fingerprint density at radius 2 is 1.96 bits per heavy atom. The number of hydrogen-bond acceptors (Lipinski definition) is 3. The zero-order valence-electron chi connectivity index (χ0n) is 14.6. The number of aryl methyl sites for hydroxylation is 1. The maximum Gasteiger partial charge on any atom is 0.191 e. The monoisotopic (exact) mass is 326 g/mol. The van der Waals surface area contributed by atoms with Crippen LogP contribution in [0.15, 0.2) is 53.7 Å². The molecular weight excluding hydrogens is 300 g/mol. The lowest BCUT2D eigenvalue weighted by Crippen LogP contribution is -2.42. The summed E-state index contributed by atoms with van der Waals surface area (Å²) in [6.45, 7) is 5.56. The van der Waals surface area contributed by atoms with Crippen LogP contribution >= 0.6 is 0 Å². The standard InChI is InChI=1S/C19H26N4O/c1-15-7-9-18(10-8-15)24-16(2)14-23-19(20-3)22-13-11-17-6-4-5-12-21-17/h4-10,12,16H,11,13-14H2,1-3H3,(H2,20,22,23). The van der Waals surface area contributed by atoms with Gasteiger partial charge in [0, 0.05) is 31.9 Å². The second kappa shape index (κ2) is 9.55. The van der Waals surface area contributed by atoms with E-state index in [0.717, 1.165) is 30.4 Å². The second-order valence-electron chi connectivity index (χ2n) is 5.69. The molecule has 1 aromatic carbocycles. The lowest BCUT2D eigenvalue weighted by molar-refractivity contribution is 0.224. The van der Waals surface area contributed by atoms with E-state index >= 15 is 0 Å². The van der Waals surface area contributed by atoms with Crippen molar-refractivity contribution < 1.29 is 4.74 Å². The Balaban J connectivity index is 1.69. The number of benzene rings is 1. The number of nitrogens with one attached hydrogen (secondary N) is 2. The second-order valence-corrected chi connectivity index (χ2v) is 5.69. The van der Waals surface area contributed by atoms with Crippen molar-refractivity contribution in [2.75, 3.05) is 20.1 Å². The van der Waals surface area contributed by atoms with E-state index in [9.17, 15) is 0 Å². The number of hydrogen-bond donors (Lipinski definition) is 2. The van der Waals surface area contributed by atoms with Crippen molar-refractivity contribution in [3.8, 4) is 5.75 Å². The summed E-state index contributed by atoms with van der Waals surface area (Å²) in [6, 6.07) is 14.0. The van der Waals surface area contributed by atoms with Gasteiger partial charge in [-0.3, -0.25) is 9.98 Å². The highest BCUT2D eigenvalue weighted by Crippen LogP contribution is 2.12. The smallest absolute Gasteiger partial charge is 0.191 e. The summed E-state index contributed by atoms with van der Waals surface area (Å²) >= 11 is 0. The van der Waals surface area contributed by atoms with Crippen LogP contribution in [-0.2, 0) is 6.42 Å². The van der Waals surface area contributed by atoms with E-state index in [4.69, 9.17) is 4.74 Å². The van der Waals surface area contributed by atoms with Crippen LogP contribution in [0.4, 0.5) is 0 Å². The number of nitrogens with zero attached hydrogens (tertiary/aromatic N) is 2. The predicted octanol–water partition coefficient (Wildman–Crippen LogP) is 2.57. The highest BCUT2D eigenvalue weighted by Gasteiger charge is 2.05. The van der Waals surface area contributed by atoms with Crippen molar-refractivity contribution in [1.29, 1.82) is 0 Å². The van der Waals surface area contributed by atoms with Gasteiger partial charge in [0.15, 0.2) is 5.96 Å². The fourth-order valence-electron chi connectivity index (χ4n) is 2.21. The molecule has 0 aliphatic heterocycles. The fraction of sp³-hybridized carbons (Fsp3) is 0.368. The van der Waals surface area contributed by atoms with Gasteiger partial charge in [0.1, 0.15) is 11.9 Å². The number of aliphatic imine (C=N–C) groups is 1. The molecule has 0 fully saturated rings. The molecule has 128 valence electrons. The van der Waals surface area contributed by atoms with Crippen LogP contribution in [0.25, 0.3) is 0 Å². The van der Waals surface area contributed by atoms with Crippen LogP contribution in [0.1, 0.15) is 18.2 Å². The van der Waals surface area contributed by atoms with Crippen LogP contribution in [0.3, 0.4) is 0 Å². The van der Waals surface area contributed by atoms with Crippen molar-refractivity contribution in [2.24, 2.45) is 4.99 Å². The molecule has 0 spiro atoms. The van der Waals surface area contributed by atoms with E-state index in [1.54, 1.807) is 7.05 Å². The van der Waals surface area contributed by atoms with Gasteiger partial charge in [-0.25, -0.2) is 0 Å². The van der Waals surface area contributed by atoms with Crippen LogP contribution < -0.4 is 15.4 Å². The topological polar surface area (TPSA) is 58.5 Å². The quantitative estimate of drug-likeness (QED) is 0.606. The first-order valence-electron chi connectivity index (χ1n) is 8.25. The molecule has 1 atom stereocenters. The number of guanidine groups is 1. The minimum atomic E-state index is 0.0436. The number of pyridine rings is 1. The molecule has 0 saturated heterocycles. The fourth-order valence-corrected chi connectivity index (χ4v) is 2.21. The first kappa shape index (κ1) is 17.8. The molecule has 0 radical (unpaired) electrons. The van der Waals surface area contributed by atoms with Gasteiger partial charge in [0.05, 0.1) is 6.54 Å². The van der Waals surface area contributed by atoms with Crippen molar-refractivity contribution in [1.82, 2.24) is 15.6 Å². The molecule has 1 heterocycles. The normalized spacial score (nSPS) is 12.5. The molecule has 24 heavy (non-hydrogen) atoms. The van der Waals surface area contributed by atoms with E-state index in [1.807, 2.05) is 55.6 Å². The summed E-state index contributed by atoms with van der Waals surface area (Å²) < 4.78 is 5.88. The summed E-state index contributed by atoms with van der Waals surface area (Å²) in [4.78, 5) is 8.54. The van der Waals surface area contributed by atoms with Gasteiger partial charge < -0.3 is 15.4 Å². The summed E-state index contributed by atoms with van der Waals surface area (Å²) in [6.07, 6.45) is 2.71. The summed E-state index contributed by atoms with van der Waals surface area (Å²) in [7, 11) is 1.77. The summed E-state index contributed by atoms with van der Waals surface area (Å²) in [5.41, 5.74) is 2.29. The van der Waals surface area contributed by atoms with Gasteiger partial charge in [0.2, 0.25) is 0 Å². The Bertz CT molecular complexity index is 626. The summed E-state index contributed by atoms with van der Waals surface area (Å²) in [5, 5.41) is 6.57. The van der Waals surface area contributed by atoms with E-state index in [1.165, 1.54) is 5.56 Å². The first-order valence-corrected chi connectivity index (χ1v) is 8.25. The van der Waals surface area contributed by atoms with E-state index in [-0.39, 0.29) is 6.10 Å². The van der Waals surface area contributed by atoms with E-state index in [0.29, 0.717) is 6.54 Å². The molecule has 0 amide bonds. The zero-order chi connectivity index (χ0) is 17.2. The Morgan fingerprint density at radius 3 is 2.62 bits per heavy atom. The SMILES string of the molecule is CN=C(NCCc1ccccn1)NCC(C)Oc1ccc(C)cc1. The molecule has 2 rings (SSSR count). The minimum Gasteiger partial charge on any atom is -0.489 e. The van der Waals surface area contributed by atoms with Crippen molar-refractivity contribution in [2.45, 2.75) is 26.4 Å². The third-order valence-corrected chi connectivity index (χ3v) is 3.54.